The Bertz CT molecular complexity index is 499. The number of anilines is 3. The summed E-state index contributed by atoms with van der Waals surface area (Å²) in [4.78, 5) is 8.56. The minimum Gasteiger partial charge on any atom is -0.354 e. The summed E-state index contributed by atoms with van der Waals surface area (Å²) < 4.78 is 1.21. The predicted octanol–water partition coefficient (Wildman–Crippen LogP) is 3.65. The Morgan fingerprint density at radius 2 is 1.94 bits per heavy atom. The van der Waals surface area contributed by atoms with Crippen LogP contribution in [0.25, 0.3) is 0 Å². The molecule has 94 valence electrons. The number of hydrogen-bond acceptors (Lipinski definition) is 4. The molecular formula is C13H15IN4. The number of hydrogen-bond donors (Lipinski definition) is 2. The maximum Gasteiger partial charge on any atom is 0.224 e. The Morgan fingerprint density at radius 1 is 1.17 bits per heavy atom. The van der Waals surface area contributed by atoms with Crippen molar-refractivity contribution < 1.29 is 0 Å². The van der Waals surface area contributed by atoms with Gasteiger partial charge in [-0.15, -0.1) is 0 Å². The van der Waals surface area contributed by atoms with Crippen molar-refractivity contribution >= 4 is 40.0 Å². The fraction of sp³-hybridized carbons (Fsp3) is 0.231. The summed E-state index contributed by atoms with van der Waals surface area (Å²) in [5, 5.41) is 6.42. The molecule has 2 rings (SSSR count). The Balaban J connectivity index is 2.06. The van der Waals surface area contributed by atoms with Gasteiger partial charge in [-0.25, -0.2) is 4.98 Å². The van der Waals surface area contributed by atoms with Crippen molar-refractivity contribution in [3.8, 4) is 0 Å². The quantitative estimate of drug-likeness (QED) is 0.805. The highest BCUT2D eigenvalue weighted by Crippen LogP contribution is 2.16. The second-order valence-electron chi connectivity index (χ2n) is 3.82. The molecule has 0 aliphatic carbocycles. The summed E-state index contributed by atoms with van der Waals surface area (Å²) in [5.41, 5.74) is 1.02. The first-order valence-electron chi connectivity index (χ1n) is 5.87. The first kappa shape index (κ1) is 13.1. The van der Waals surface area contributed by atoms with Crippen molar-refractivity contribution in [2.45, 2.75) is 13.3 Å². The van der Waals surface area contributed by atoms with Crippen LogP contribution >= 0.6 is 22.6 Å². The van der Waals surface area contributed by atoms with Crippen molar-refractivity contribution in [2.24, 2.45) is 0 Å². The second kappa shape index (κ2) is 6.53. The summed E-state index contributed by atoms with van der Waals surface area (Å²) in [6, 6.07) is 10.0. The van der Waals surface area contributed by atoms with E-state index < -0.39 is 0 Å². The van der Waals surface area contributed by atoms with Gasteiger partial charge in [-0.3, -0.25) is 0 Å². The Hall–Kier alpha value is -1.37. The van der Waals surface area contributed by atoms with E-state index in [9.17, 15) is 0 Å². The van der Waals surface area contributed by atoms with Gasteiger partial charge < -0.3 is 10.6 Å². The van der Waals surface area contributed by atoms with E-state index in [2.05, 4.69) is 62.2 Å². The van der Waals surface area contributed by atoms with Crippen molar-refractivity contribution in [1.29, 1.82) is 0 Å². The van der Waals surface area contributed by atoms with Crippen molar-refractivity contribution in [3.63, 3.8) is 0 Å². The van der Waals surface area contributed by atoms with Gasteiger partial charge >= 0.3 is 0 Å². The summed E-state index contributed by atoms with van der Waals surface area (Å²) in [5.74, 6) is 1.46. The van der Waals surface area contributed by atoms with Crippen LogP contribution in [-0.4, -0.2) is 16.5 Å². The minimum atomic E-state index is 0.660. The largest absolute Gasteiger partial charge is 0.354 e. The number of rotatable bonds is 5. The molecule has 0 aliphatic heterocycles. The highest BCUT2D eigenvalue weighted by atomic mass is 127. The average molecular weight is 354 g/mol. The number of aromatic nitrogens is 2. The molecule has 0 unspecified atom stereocenters. The van der Waals surface area contributed by atoms with Gasteiger partial charge in [-0.05, 0) is 59.3 Å². The number of benzene rings is 1. The van der Waals surface area contributed by atoms with Gasteiger partial charge in [0, 0.05) is 22.0 Å². The molecule has 0 saturated heterocycles. The first-order valence-corrected chi connectivity index (χ1v) is 6.95. The molecule has 2 aromatic rings. The number of nitrogens with one attached hydrogen (secondary N) is 2. The van der Waals surface area contributed by atoms with Crippen LogP contribution in [0.1, 0.15) is 13.3 Å². The smallest absolute Gasteiger partial charge is 0.224 e. The minimum absolute atomic E-state index is 0.660. The Kier molecular flexibility index (Phi) is 4.74. The van der Waals surface area contributed by atoms with E-state index in [0.29, 0.717) is 5.95 Å². The number of halogens is 1. The highest BCUT2D eigenvalue weighted by molar-refractivity contribution is 14.1. The average Bonchev–Trinajstić information content (AvgIpc) is 2.40. The lowest BCUT2D eigenvalue weighted by molar-refractivity contribution is 0.953. The molecule has 0 radical (unpaired) electrons. The fourth-order valence-corrected chi connectivity index (χ4v) is 1.79. The second-order valence-corrected chi connectivity index (χ2v) is 5.07. The van der Waals surface area contributed by atoms with E-state index in [4.69, 9.17) is 0 Å². The van der Waals surface area contributed by atoms with E-state index in [1.54, 1.807) is 6.20 Å². The molecule has 0 spiro atoms. The lowest BCUT2D eigenvalue weighted by Crippen LogP contribution is -2.05. The zero-order valence-corrected chi connectivity index (χ0v) is 12.3. The molecule has 1 heterocycles. The molecule has 0 atom stereocenters. The molecule has 0 amide bonds. The van der Waals surface area contributed by atoms with E-state index in [-0.39, 0.29) is 0 Å². The molecule has 0 bridgehead atoms. The van der Waals surface area contributed by atoms with Crippen LogP contribution in [0.15, 0.2) is 36.5 Å². The third-order valence-electron chi connectivity index (χ3n) is 2.31. The van der Waals surface area contributed by atoms with Gasteiger partial charge in [0.05, 0.1) is 0 Å². The van der Waals surface area contributed by atoms with Crippen molar-refractivity contribution in [3.05, 3.63) is 40.1 Å². The zero-order valence-electron chi connectivity index (χ0n) is 10.2. The van der Waals surface area contributed by atoms with Gasteiger partial charge in [0.1, 0.15) is 5.82 Å². The molecule has 0 saturated carbocycles. The first-order chi connectivity index (χ1) is 8.78. The highest BCUT2D eigenvalue weighted by Gasteiger charge is 1.99. The maximum atomic E-state index is 4.39. The van der Waals surface area contributed by atoms with Crippen molar-refractivity contribution in [2.75, 3.05) is 17.2 Å². The molecule has 5 heteroatoms. The Morgan fingerprint density at radius 3 is 2.67 bits per heavy atom. The molecular weight excluding hydrogens is 339 g/mol. The summed E-state index contributed by atoms with van der Waals surface area (Å²) in [6.45, 7) is 2.99. The maximum absolute atomic E-state index is 4.39. The fourth-order valence-electron chi connectivity index (χ4n) is 1.43. The standard InChI is InChI=1S/C13H15IN4/c1-2-8-15-13-16-9-7-12(18-13)17-11-5-3-10(14)4-6-11/h3-7,9H,2,8H2,1H3,(H2,15,16,17,18). The van der Waals surface area contributed by atoms with Crippen LogP contribution < -0.4 is 10.6 Å². The lowest BCUT2D eigenvalue weighted by Gasteiger charge is -2.07. The monoisotopic (exact) mass is 354 g/mol. The molecule has 0 aliphatic rings. The Labute approximate surface area is 120 Å². The van der Waals surface area contributed by atoms with Gasteiger partial charge in [-0.2, -0.15) is 4.98 Å². The predicted molar refractivity (Wildman–Crippen MR) is 83.3 cm³/mol. The topological polar surface area (TPSA) is 49.8 Å². The molecule has 0 fully saturated rings. The third kappa shape index (κ3) is 3.83. The normalized spacial score (nSPS) is 10.1. The van der Waals surface area contributed by atoms with E-state index in [1.807, 2.05) is 18.2 Å². The van der Waals surface area contributed by atoms with Gasteiger partial charge in [0.15, 0.2) is 0 Å². The van der Waals surface area contributed by atoms with E-state index in [0.717, 1.165) is 24.5 Å². The van der Waals surface area contributed by atoms with Crippen LogP contribution in [0, 0.1) is 3.57 Å². The van der Waals surface area contributed by atoms with Gasteiger partial charge in [0.2, 0.25) is 5.95 Å². The van der Waals surface area contributed by atoms with Crippen LogP contribution in [0.3, 0.4) is 0 Å². The van der Waals surface area contributed by atoms with Gasteiger partial charge in [-0.1, -0.05) is 6.92 Å². The summed E-state index contributed by atoms with van der Waals surface area (Å²) in [7, 11) is 0. The van der Waals surface area contributed by atoms with Crippen LogP contribution in [0.4, 0.5) is 17.5 Å². The van der Waals surface area contributed by atoms with Crippen LogP contribution in [-0.2, 0) is 0 Å². The van der Waals surface area contributed by atoms with E-state index in [1.165, 1.54) is 3.57 Å². The zero-order chi connectivity index (χ0) is 12.8. The molecule has 1 aromatic carbocycles. The molecule has 4 nitrogen and oxygen atoms in total. The SMILES string of the molecule is CCCNc1nccc(Nc2ccc(I)cc2)n1. The summed E-state index contributed by atoms with van der Waals surface area (Å²) in [6.07, 6.45) is 2.80. The molecule has 2 N–H and O–H groups in total. The van der Waals surface area contributed by atoms with Gasteiger partial charge in [0.25, 0.3) is 0 Å². The van der Waals surface area contributed by atoms with Crippen LogP contribution in [0.5, 0.6) is 0 Å². The third-order valence-corrected chi connectivity index (χ3v) is 3.02. The van der Waals surface area contributed by atoms with Crippen LogP contribution in [0.2, 0.25) is 0 Å². The molecule has 18 heavy (non-hydrogen) atoms. The van der Waals surface area contributed by atoms with Crippen molar-refractivity contribution in [1.82, 2.24) is 9.97 Å². The lowest BCUT2D eigenvalue weighted by atomic mass is 10.3. The molecule has 1 aromatic heterocycles. The summed E-state index contributed by atoms with van der Waals surface area (Å²) >= 11 is 2.28. The number of nitrogens with zero attached hydrogens (tertiary/aromatic N) is 2. The van der Waals surface area contributed by atoms with E-state index >= 15 is 0 Å².